The molecule has 0 spiro atoms. The van der Waals surface area contributed by atoms with Gasteiger partial charge in [0.1, 0.15) is 11.7 Å². The zero-order valence-electron chi connectivity index (χ0n) is 10.9. The van der Waals surface area contributed by atoms with E-state index in [4.69, 9.17) is 11.1 Å². The molecule has 4 heteroatoms. The highest BCUT2D eigenvalue weighted by molar-refractivity contribution is 5.99. The highest BCUT2D eigenvalue weighted by Crippen LogP contribution is 2.29. The molecular formula is C15H16N4. The van der Waals surface area contributed by atoms with Gasteiger partial charge in [-0.05, 0) is 30.2 Å². The van der Waals surface area contributed by atoms with Crippen LogP contribution in [0.25, 0.3) is 0 Å². The summed E-state index contributed by atoms with van der Waals surface area (Å²) in [5.74, 6) is 0.877. The van der Waals surface area contributed by atoms with Crippen molar-refractivity contribution in [2.24, 2.45) is 5.73 Å². The molecule has 0 amide bonds. The molecule has 1 aromatic carbocycles. The number of fused-ring (bicyclic) bond motifs is 1. The van der Waals surface area contributed by atoms with Crippen LogP contribution in [-0.4, -0.2) is 10.8 Å². The van der Waals surface area contributed by atoms with E-state index in [1.54, 1.807) is 0 Å². The van der Waals surface area contributed by atoms with E-state index in [0.717, 1.165) is 24.6 Å². The lowest BCUT2D eigenvalue weighted by Crippen LogP contribution is -2.22. The van der Waals surface area contributed by atoms with Crippen molar-refractivity contribution in [2.45, 2.75) is 20.0 Å². The summed E-state index contributed by atoms with van der Waals surface area (Å²) < 4.78 is 0. The van der Waals surface area contributed by atoms with Gasteiger partial charge in [0.15, 0.2) is 0 Å². The number of nitrogens with one attached hydrogen (secondary N) is 1. The van der Waals surface area contributed by atoms with Gasteiger partial charge in [-0.2, -0.15) is 0 Å². The van der Waals surface area contributed by atoms with Crippen molar-refractivity contribution >= 4 is 11.7 Å². The third-order valence-corrected chi connectivity index (χ3v) is 3.44. The number of aromatic nitrogens is 1. The Bertz CT molecular complexity index is 623. The molecule has 0 aliphatic carbocycles. The van der Waals surface area contributed by atoms with Crippen LogP contribution in [0.4, 0.5) is 5.82 Å². The Morgan fingerprint density at radius 3 is 2.37 bits per heavy atom. The Hall–Kier alpha value is -2.36. The summed E-state index contributed by atoms with van der Waals surface area (Å²) in [4.78, 5) is 6.74. The van der Waals surface area contributed by atoms with E-state index in [1.165, 1.54) is 11.1 Å². The van der Waals surface area contributed by atoms with Crippen LogP contribution in [0, 0.1) is 12.3 Å². The first-order valence-corrected chi connectivity index (χ1v) is 6.29. The molecule has 0 fully saturated rings. The zero-order chi connectivity index (χ0) is 13.4. The molecule has 0 radical (unpaired) electrons. The highest BCUT2D eigenvalue weighted by Gasteiger charge is 2.22. The molecule has 4 nitrogen and oxygen atoms in total. The predicted molar refractivity (Wildman–Crippen MR) is 76.3 cm³/mol. The van der Waals surface area contributed by atoms with E-state index in [2.05, 4.69) is 34.1 Å². The van der Waals surface area contributed by atoms with Crippen molar-refractivity contribution in [1.29, 1.82) is 5.41 Å². The number of anilines is 1. The molecule has 1 aliphatic heterocycles. The molecule has 3 N–H and O–H groups in total. The maximum Gasteiger partial charge on any atom is 0.140 e. The molecule has 96 valence electrons. The van der Waals surface area contributed by atoms with Crippen LogP contribution < -0.4 is 10.6 Å². The van der Waals surface area contributed by atoms with Gasteiger partial charge in [-0.1, -0.05) is 24.3 Å². The van der Waals surface area contributed by atoms with Gasteiger partial charge in [0.25, 0.3) is 0 Å². The van der Waals surface area contributed by atoms with E-state index >= 15 is 0 Å². The lowest BCUT2D eigenvalue weighted by atomic mass is 10.1. The monoisotopic (exact) mass is 252 g/mol. The third kappa shape index (κ3) is 2.05. The highest BCUT2D eigenvalue weighted by atomic mass is 15.2. The van der Waals surface area contributed by atoms with Crippen LogP contribution in [0.3, 0.4) is 0 Å². The first-order valence-electron chi connectivity index (χ1n) is 6.29. The molecule has 0 atom stereocenters. The van der Waals surface area contributed by atoms with E-state index in [-0.39, 0.29) is 5.84 Å². The summed E-state index contributed by atoms with van der Waals surface area (Å²) in [7, 11) is 0. The fraction of sp³-hybridized carbons (Fsp3) is 0.200. The zero-order valence-corrected chi connectivity index (χ0v) is 10.9. The number of pyridine rings is 1. The number of nitrogen functional groups attached to an aromatic ring is 1. The summed E-state index contributed by atoms with van der Waals surface area (Å²) in [5.41, 5.74) is 9.94. The van der Waals surface area contributed by atoms with E-state index in [9.17, 15) is 0 Å². The van der Waals surface area contributed by atoms with Crippen LogP contribution in [0.1, 0.15) is 22.4 Å². The van der Waals surface area contributed by atoms with Crippen molar-refractivity contribution in [1.82, 2.24) is 4.98 Å². The van der Waals surface area contributed by atoms with Gasteiger partial charge < -0.3 is 10.6 Å². The molecule has 2 aromatic rings. The van der Waals surface area contributed by atoms with E-state index in [0.29, 0.717) is 5.56 Å². The molecule has 1 aliphatic rings. The number of rotatable bonds is 2. The number of amidine groups is 1. The molecule has 1 aromatic heterocycles. The number of hydrogen-bond acceptors (Lipinski definition) is 3. The average molecular weight is 252 g/mol. The van der Waals surface area contributed by atoms with Crippen molar-refractivity contribution in [3.8, 4) is 0 Å². The molecule has 0 saturated carbocycles. The van der Waals surface area contributed by atoms with Gasteiger partial charge in [0.05, 0.1) is 5.56 Å². The molecule has 3 rings (SSSR count). The Kier molecular flexibility index (Phi) is 2.71. The van der Waals surface area contributed by atoms with E-state index in [1.807, 2.05) is 19.1 Å². The lowest BCUT2D eigenvalue weighted by Gasteiger charge is -2.20. The minimum absolute atomic E-state index is 0.0680. The van der Waals surface area contributed by atoms with Crippen LogP contribution >= 0.6 is 0 Å². The number of aryl methyl sites for hydroxylation is 1. The second kappa shape index (κ2) is 4.39. The molecule has 0 bridgehead atoms. The summed E-state index contributed by atoms with van der Waals surface area (Å²) >= 11 is 0. The molecule has 0 saturated heterocycles. The molecule has 19 heavy (non-hydrogen) atoms. The topological polar surface area (TPSA) is 66.0 Å². The number of nitrogens with two attached hydrogens (primary N) is 1. The molecular weight excluding hydrogens is 236 g/mol. The Morgan fingerprint density at radius 2 is 1.79 bits per heavy atom. The quantitative estimate of drug-likeness (QED) is 0.636. The number of nitrogens with zero attached hydrogens (tertiary/aromatic N) is 2. The Morgan fingerprint density at radius 1 is 1.16 bits per heavy atom. The van der Waals surface area contributed by atoms with Crippen LogP contribution in [0.5, 0.6) is 0 Å². The number of benzene rings is 1. The first kappa shape index (κ1) is 11.7. The second-order valence-electron chi connectivity index (χ2n) is 4.86. The average Bonchev–Trinajstić information content (AvgIpc) is 2.81. The number of hydrogen-bond donors (Lipinski definition) is 2. The van der Waals surface area contributed by atoms with Crippen molar-refractivity contribution < 1.29 is 0 Å². The smallest absolute Gasteiger partial charge is 0.140 e. The fourth-order valence-corrected chi connectivity index (χ4v) is 2.48. The van der Waals surface area contributed by atoms with E-state index < -0.39 is 0 Å². The first-order chi connectivity index (χ1) is 9.15. The standard InChI is InChI=1S/C15H16N4/c1-10-6-7-13(14(16)17)15(18-10)19-8-11-4-2-3-5-12(11)9-19/h2-7H,8-9H2,1H3,(H3,16,17). The van der Waals surface area contributed by atoms with Crippen LogP contribution in [0.15, 0.2) is 36.4 Å². The second-order valence-corrected chi connectivity index (χ2v) is 4.86. The molecule has 2 heterocycles. The third-order valence-electron chi connectivity index (χ3n) is 3.44. The summed E-state index contributed by atoms with van der Waals surface area (Å²) in [6, 6.07) is 12.2. The van der Waals surface area contributed by atoms with Gasteiger partial charge in [-0.15, -0.1) is 0 Å². The SMILES string of the molecule is Cc1ccc(C(=N)N)c(N2Cc3ccccc3C2)n1. The Labute approximate surface area is 112 Å². The van der Waals surface area contributed by atoms with Gasteiger partial charge >= 0.3 is 0 Å². The largest absolute Gasteiger partial charge is 0.384 e. The molecule has 0 unspecified atom stereocenters. The Balaban J connectivity index is 2.01. The normalized spacial score (nSPS) is 13.4. The maximum atomic E-state index is 7.68. The maximum absolute atomic E-state index is 7.68. The summed E-state index contributed by atoms with van der Waals surface area (Å²) in [6.45, 7) is 3.61. The van der Waals surface area contributed by atoms with Crippen LogP contribution in [-0.2, 0) is 13.1 Å². The van der Waals surface area contributed by atoms with Crippen molar-refractivity contribution in [2.75, 3.05) is 4.90 Å². The van der Waals surface area contributed by atoms with Crippen LogP contribution in [0.2, 0.25) is 0 Å². The summed E-state index contributed by atoms with van der Waals surface area (Å²) in [6.07, 6.45) is 0. The fourth-order valence-electron chi connectivity index (χ4n) is 2.48. The predicted octanol–water partition coefficient (Wildman–Crippen LogP) is 2.19. The lowest BCUT2D eigenvalue weighted by molar-refractivity contribution is 0.850. The minimum atomic E-state index is 0.0680. The summed E-state index contributed by atoms with van der Waals surface area (Å²) in [5, 5.41) is 7.68. The van der Waals surface area contributed by atoms with Gasteiger partial charge in [0, 0.05) is 18.8 Å². The van der Waals surface area contributed by atoms with Gasteiger partial charge in [-0.3, -0.25) is 5.41 Å². The van der Waals surface area contributed by atoms with Gasteiger partial charge in [-0.25, -0.2) is 4.98 Å². The van der Waals surface area contributed by atoms with Gasteiger partial charge in [0.2, 0.25) is 0 Å². The van der Waals surface area contributed by atoms with Crippen molar-refractivity contribution in [3.63, 3.8) is 0 Å². The minimum Gasteiger partial charge on any atom is -0.384 e. The van der Waals surface area contributed by atoms with Crippen molar-refractivity contribution in [3.05, 3.63) is 58.8 Å².